The van der Waals surface area contributed by atoms with Crippen LogP contribution in [0.15, 0.2) is 42.0 Å². The molecule has 4 heterocycles. The average molecular weight is 351 g/mol. The molecule has 1 aliphatic rings. The van der Waals surface area contributed by atoms with Gasteiger partial charge >= 0.3 is 0 Å². The molecule has 0 aromatic carbocycles. The third-order valence-corrected chi connectivity index (χ3v) is 5.31. The van der Waals surface area contributed by atoms with Gasteiger partial charge in [-0.05, 0) is 17.5 Å². The van der Waals surface area contributed by atoms with Crippen LogP contribution in [0.1, 0.15) is 16.8 Å². The summed E-state index contributed by atoms with van der Waals surface area (Å²) in [6.45, 7) is 2.80. The van der Waals surface area contributed by atoms with E-state index in [0.717, 1.165) is 42.6 Å². The maximum atomic E-state index is 4.80. The van der Waals surface area contributed by atoms with Gasteiger partial charge in [-0.2, -0.15) is 0 Å². The zero-order chi connectivity index (χ0) is 17.2. The van der Waals surface area contributed by atoms with Gasteiger partial charge in [0, 0.05) is 63.7 Å². The van der Waals surface area contributed by atoms with Crippen LogP contribution >= 0.6 is 11.3 Å². The van der Waals surface area contributed by atoms with Crippen LogP contribution < -0.4 is 4.90 Å². The van der Waals surface area contributed by atoms with Crippen molar-refractivity contribution in [3.63, 3.8) is 0 Å². The first kappa shape index (κ1) is 16.2. The summed E-state index contributed by atoms with van der Waals surface area (Å²) in [5.74, 6) is 1.89. The lowest BCUT2D eigenvalue weighted by atomic mass is 10.1. The third kappa shape index (κ3) is 3.41. The largest absolute Gasteiger partial charge is 0.362 e. The Morgan fingerprint density at radius 2 is 2.12 bits per heavy atom. The Kier molecular flexibility index (Phi) is 4.46. The van der Waals surface area contributed by atoms with Crippen molar-refractivity contribution in [2.75, 3.05) is 25.5 Å². The van der Waals surface area contributed by atoms with Gasteiger partial charge in [-0.25, -0.2) is 15.0 Å². The third-order valence-electron chi connectivity index (χ3n) is 4.44. The second-order valence-electron chi connectivity index (χ2n) is 6.48. The van der Waals surface area contributed by atoms with Crippen LogP contribution in [0.2, 0.25) is 0 Å². The predicted octanol–water partition coefficient (Wildman–Crippen LogP) is 3.22. The van der Waals surface area contributed by atoms with E-state index in [9.17, 15) is 0 Å². The number of hydrogen-bond donors (Lipinski definition) is 0. The average Bonchev–Trinajstić information content (AvgIpc) is 3.16. The fourth-order valence-corrected chi connectivity index (χ4v) is 3.90. The zero-order valence-electron chi connectivity index (χ0n) is 14.5. The summed E-state index contributed by atoms with van der Waals surface area (Å²) in [7, 11) is 4.08. The minimum Gasteiger partial charge on any atom is -0.362 e. The first-order valence-electron chi connectivity index (χ1n) is 8.43. The number of thiophene rings is 1. The smallest absolute Gasteiger partial charge is 0.169 e. The van der Waals surface area contributed by atoms with Crippen LogP contribution in [-0.2, 0) is 19.5 Å². The van der Waals surface area contributed by atoms with Crippen LogP contribution in [0.4, 0.5) is 5.82 Å². The van der Waals surface area contributed by atoms with Gasteiger partial charge in [0.05, 0.1) is 10.6 Å². The highest BCUT2D eigenvalue weighted by Gasteiger charge is 2.20. The molecule has 0 amide bonds. The highest BCUT2D eigenvalue weighted by Crippen LogP contribution is 2.25. The van der Waals surface area contributed by atoms with E-state index in [4.69, 9.17) is 4.98 Å². The van der Waals surface area contributed by atoms with Crippen LogP contribution in [0.25, 0.3) is 10.7 Å². The summed E-state index contributed by atoms with van der Waals surface area (Å²) in [5, 5.41) is 2.07. The first-order valence-corrected chi connectivity index (χ1v) is 9.31. The number of nitrogens with zero attached hydrogens (tertiary/aromatic N) is 5. The Bertz CT molecular complexity index is 860. The molecule has 0 radical (unpaired) electrons. The molecule has 128 valence electrons. The molecule has 3 aromatic rings. The monoisotopic (exact) mass is 351 g/mol. The molecule has 0 fully saturated rings. The SMILES string of the molecule is CN(C)c1ncccc1CN1CCc2nc(-c3cccs3)ncc2C1. The van der Waals surface area contributed by atoms with Crippen LogP contribution in [0.3, 0.4) is 0 Å². The predicted molar refractivity (Wildman–Crippen MR) is 102 cm³/mol. The van der Waals surface area contributed by atoms with E-state index in [1.54, 1.807) is 11.3 Å². The van der Waals surface area contributed by atoms with E-state index in [1.165, 1.54) is 16.8 Å². The van der Waals surface area contributed by atoms with Gasteiger partial charge in [-0.15, -0.1) is 11.3 Å². The van der Waals surface area contributed by atoms with Gasteiger partial charge in [-0.1, -0.05) is 12.1 Å². The number of fused-ring (bicyclic) bond motifs is 1. The maximum absolute atomic E-state index is 4.80. The highest BCUT2D eigenvalue weighted by molar-refractivity contribution is 7.13. The fourth-order valence-electron chi connectivity index (χ4n) is 3.23. The molecule has 0 unspecified atom stereocenters. The standard InChI is InChI=1S/C19H21N5S/c1-23(2)19-14(5-3-8-20-19)12-24-9-7-16-15(13-24)11-21-18(22-16)17-6-4-10-25-17/h3-6,8,10-11H,7,9,12-13H2,1-2H3. The Labute approximate surface area is 152 Å². The van der Waals surface area contributed by atoms with Gasteiger partial charge in [0.25, 0.3) is 0 Å². The van der Waals surface area contributed by atoms with Gasteiger partial charge < -0.3 is 4.90 Å². The van der Waals surface area contributed by atoms with Crippen molar-refractivity contribution in [3.8, 4) is 10.7 Å². The number of hydrogen-bond acceptors (Lipinski definition) is 6. The van der Waals surface area contributed by atoms with Gasteiger partial charge in [0.15, 0.2) is 5.82 Å². The number of rotatable bonds is 4. The summed E-state index contributed by atoms with van der Waals surface area (Å²) < 4.78 is 0. The van der Waals surface area contributed by atoms with E-state index in [0.29, 0.717) is 0 Å². The van der Waals surface area contributed by atoms with E-state index < -0.39 is 0 Å². The van der Waals surface area contributed by atoms with Crippen molar-refractivity contribution in [2.45, 2.75) is 19.5 Å². The molecule has 0 saturated carbocycles. The van der Waals surface area contributed by atoms with E-state index in [-0.39, 0.29) is 0 Å². The Balaban J connectivity index is 1.52. The molecule has 6 heteroatoms. The molecule has 0 spiro atoms. The molecule has 0 saturated heterocycles. The van der Waals surface area contributed by atoms with Crippen LogP contribution in [0.5, 0.6) is 0 Å². The molecule has 3 aromatic heterocycles. The number of pyridine rings is 1. The maximum Gasteiger partial charge on any atom is 0.169 e. The molecule has 4 rings (SSSR count). The molecular weight excluding hydrogens is 330 g/mol. The molecule has 5 nitrogen and oxygen atoms in total. The molecule has 0 N–H and O–H groups in total. The Morgan fingerprint density at radius 1 is 1.20 bits per heavy atom. The van der Waals surface area contributed by atoms with E-state index in [2.05, 4.69) is 37.3 Å². The van der Waals surface area contributed by atoms with Crippen molar-refractivity contribution < 1.29 is 0 Å². The molecule has 0 aliphatic carbocycles. The zero-order valence-corrected chi connectivity index (χ0v) is 15.3. The van der Waals surface area contributed by atoms with Crippen LogP contribution in [0, 0.1) is 0 Å². The van der Waals surface area contributed by atoms with Crippen molar-refractivity contribution in [1.82, 2.24) is 19.9 Å². The second kappa shape index (κ2) is 6.90. The quantitative estimate of drug-likeness (QED) is 0.722. The van der Waals surface area contributed by atoms with Crippen molar-refractivity contribution in [1.29, 1.82) is 0 Å². The molecule has 1 aliphatic heterocycles. The van der Waals surface area contributed by atoms with Crippen molar-refractivity contribution in [3.05, 3.63) is 58.9 Å². The summed E-state index contributed by atoms with van der Waals surface area (Å²) in [6.07, 6.45) is 4.82. The van der Waals surface area contributed by atoms with Gasteiger partial charge in [0.1, 0.15) is 5.82 Å². The Hall–Kier alpha value is -2.31. The second-order valence-corrected chi connectivity index (χ2v) is 7.43. The number of aromatic nitrogens is 3. The lowest BCUT2D eigenvalue weighted by Gasteiger charge is -2.29. The summed E-state index contributed by atoms with van der Waals surface area (Å²) in [5.41, 5.74) is 3.68. The minimum absolute atomic E-state index is 0.851. The van der Waals surface area contributed by atoms with Gasteiger partial charge in [0.2, 0.25) is 0 Å². The van der Waals surface area contributed by atoms with Crippen LogP contribution in [-0.4, -0.2) is 40.5 Å². The first-order chi connectivity index (χ1) is 12.2. The molecule has 25 heavy (non-hydrogen) atoms. The number of anilines is 1. The lowest BCUT2D eigenvalue weighted by Crippen LogP contribution is -2.31. The Morgan fingerprint density at radius 3 is 2.92 bits per heavy atom. The fraction of sp³-hybridized carbons (Fsp3) is 0.316. The van der Waals surface area contributed by atoms with Crippen molar-refractivity contribution >= 4 is 17.2 Å². The summed E-state index contributed by atoms with van der Waals surface area (Å²) in [6, 6.07) is 8.29. The normalized spacial score (nSPS) is 14.3. The topological polar surface area (TPSA) is 45.2 Å². The van der Waals surface area contributed by atoms with Gasteiger partial charge in [-0.3, -0.25) is 4.90 Å². The minimum atomic E-state index is 0.851. The molecule has 0 atom stereocenters. The van der Waals surface area contributed by atoms with Crippen molar-refractivity contribution in [2.24, 2.45) is 0 Å². The summed E-state index contributed by atoms with van der Waals surface area (Å²) >= 11 is 1.69. The molecular formula is C19H21N5S. The van der Waals surface area contributed by atoms with E-state index >= 15 is 0 Å². The summed E-state index contributed by atoms with van der Waals surface area (Å²) in [4.78, 5) is 19.5. The van der Waals surface area contributed by atoms with E-state index in [1.807, 2.05) is 38.6 Å². The lowest BCUT2D eigenvalue weighted by molar-refractivity contribution is 0.243. The highest BCUT2D eigenvalue weighted by atomic mass is 32.1. The molecule has 0 bridgehead atoms.